The summed E-state index contributed by atoms with van der Waals surface area (Å²) in [5.74, 6) is -12.5. The van der Waals surface area contributed by atoms with Gasteiger partial charge in [-0.15, -0.1) is 0 Å². The van der Waals surface area contributed by atoms with Gasteiger partial charge in [0, 0.05) is 54.7 Å². The van der Waals surface area contributed by atoms with Gasteiger partial charge in [0.2, 0.25) is 0 Å². The van der Waals surface area contributed by atoms with Gasteiger partial charge >= 0.3 is 5.97 Å². The maximum absolute atomic E-state index is 13.7. The Labute approximate surface area is 209 Å². The van der Waals surface area contributed by atoms with Gasteiger partial charge in [0.15, 0.2) is 11.5 Å². The smallest absolute Gasteiger partial charge is 0.323 e. The lowest BCUT2D eigenvalue weighted by molar-refractivity contribution is -0.160. The monoisotopic (exact) mass is 438 g/mol. The van der Waals surface area contributed by atoms with Crippen molar-refractivity contribution in [3.05, 3.63) is 23.3 Å². The van der Waals surface area contributed by atoms with Gasteiger partial charge in [0.25, 0.3) is 0 Å². The summed E-state index contributed by atoms with van der Waals surface area (Å²) in [6.45, 7) is -15.5. The van der Waals surface area contributed by atoms with Gasteiger partial charge in [-0.25, -0.2) is 0 Å². The molecule has 0 saturated carbocycles. The Morgan fingerprint density at radius 2 is 2.13 bits per heavy atom. The average Bonchev–Trinajstić information content (AvgIpc) is 2.92. The van der Waals surface area contributed by atoms with Crippen molar-refractivity contribution in [2.75, 3.05) is 27.3 Å². The molecule has 168 valence electrons. The van der Waals surface area contributed by atoms with Gasteiger partial charge in [0.05, 0.1) is 18.3 Å². The van der Waals surface area contributed by atoms with Crippen LogP contribution in [0.4, 0.5) is 0 Å². The van der Waals surface area contributed by atoms with Gasteiger partial charge in [-0.3, -0.25) is 9.69 Å². The van der Waals surface area contributed by atoms with Crippen LogP contribution in [0.3, 0.4) is 0 Å². The molecule has 6 nitrogen and oxygen atoms in total. The molecule has 3 rings (SSSR count). The van der Waals surface area contributed by atoms with Crippen molar-refractivity contribution in [3.63, 3.8) is 0 Å². The zero-order valence-corrected chi connectivity index (χ0v) is 16.8. The van der Waals surface area contributed by atoms with Crippen LogP contribution in [0.5, 0.6) is 11.5 Å². The van der Waals surface area contributed by atoms with Crippen LogP contribution in [-0.4, -0.2) is 50.2 Å². The first kappa shape index (κ1) is 8.28. The van der Waals surface area contributed by atoms with E-state index >= 15 is 0 Å². The second kappa shape index (κ2) is 9.56. The van der Waals surface area contributed by atoms with Gasteiger partial charge in [-0.05, 0) is 47.8 Å². The minimum atomic E-state index is -4.15. The number of carbonyl (C=O) groups is 1. The van der Waals surface area contributed by atoms with E-state index in [1.807, 2.05) is 0 Å². The maximum Gasteiger partial charge on any atom is 0.323 e. The first-order valence-electron chi connectivity index (χ1n) is 19.0. The zero-order valence-electron chi connectivity index (χ0n) is 36.8. The Hall–Kier alpha value is -1.79. The molecule has 1 saturated heterocycles. The van der Waals surface area contributed by atoms with Crippen molar-refractivity contribution in [2.24, 2.45) is 23.4 Å². The van der Waals surface area contributed by atoms with Crippen LogP contribution < -0.4 is 15.2 Å². The van der Waals surface area contributed by atoms with Crippen LogP contribution in [0, 0.1) is 17.7 Å². The normalized spacial score (nSPS) is 48.1. The number of fused-ring (bicyclic) bond motifs is 3. The molecule has 5 atom stereocenters. The molecular weight excluding hydrogens is 380 g/mol. The van der Waals surface area contributed by atoms with Crippen molar-refractivity contribution in [2.45, 2.75) is 64.8 Å². The van der Waals surface area contributed by atoms with Crippen molar-refractivity contribution < 1.29 is 46.4 Å². The Morgan fingerprint density at radius 1 is 1.40 bits per heavy atom. The summed E-state index contributed by atoms with van der Waals surface area (Å²) in [6, 6.07) is -4.75. The Morgan fingerprint density at radius 3 is 2.80 bits per heavy atom. The number of ether oxygens (including phenoxy) is 3. The first-order valence-corrected chi connectivity index (χ1v) is 8.99. The molecule has 0 aliphatic carbocycles. The second-order valence-electron chi connectivity index (χ2n) is 6.69. The number of methoxy groups -OCH3 is 2. The summed E-state index contributed by atoms with van der Waals surface area (Å²) >= 11 is 0. The highest BCUT2D eigenvalue weighted by Crippen LogP contribution is 2.44. The summed E-state index contributed by atoms with van der Waals surface area (Å²) < 4.78 is 183. The van der Waals surface area contributed by atoms with E-state index in [9.17, 15) is 7.54 Å². The minimum absolute atomic E-state index is 0.109. The Balaban J connectivity index is 2.43. The zero-order chi connectivity index (χ0) is 39.5. The van der Waals surface area contributed by atoms with E-state index in [0.717, 1.165) is 12.1 Å². The highest BCUT2D eigenvalue weighted by molar-refractivity contribution is 5.76. The van der Waals surface area contributed by atoms with Crippen molar-refractivity contribution in [1.29, 1.82) is 0 Å². The summed E-state index contributed by atoms with van der Waals surface area (Å²) in [6.07, 6.45) is -11.4. The topological polar surface area (TPSA) is 74.0 Å². The van der Waals surface area contributed by atoms with Gasteiger partial charge in [-0.2, -0.15) is 0 Å². The third-order valence-electron chi connectivity index (χ3n) is 4.69. The lowest BCUT2D eigenvalue weighted by atomic mass is 9.79. The van der Waals surface area contributed by atoms with Crippen molar-refractivity contribution in [1.82, 2.24) is 4.90 Å². The number of esters is 1. The van der Waals surface area contributed by atoms with E-state index in [-0.39, 0.29) is 11.5 Å². The lowest BCUT2D eigenvalue weighted by Crippen LogP contribution is -2.51. The quantitative estimate of drug-likeness (QED) is 0.656. The minimum Gasteiger partial charge on any atom is -0.493 e. The molecule has 2 aliphatic heterocycles. The summed E-state index contributed by atoms with van der Waals surface area (Å²) in [5.41, 5.74) is 4.73. The fourth-order valence-corrected chi connectivity index (χ4v) is 3.25. The van der Waals surface area contributed by atoms with E-state index in [2.05, 4.69) is 0 Å². The molecule has 0 bridgehead atoms. The largest absolute Gasteiger partial charge is 0.493 e. The molecule has 1 aromatic rings. The third kappa shape index (κ3) is 4.75. The number of nitrogens with two attached hydrogens (primary N) is 1. The number of benzene rings is 1. The van der Waals surface area contributed by atoms with Crippen LogP contribution in [0.15, 0.2) is 12.1 Å². The highest BCUT2D eigenvalue weighted by Gasteiger charge is 2.41. The van der Waals surface area contributed by atoms with Gasteiger partial charge < -0.3 is 19.9 Å². The standard InChI is InChI=1S/C24H38N2O4/c1-14(2)9-17-13-26-8-7-16-10-21(28-5)22(29-6)11-18(16)19(26)12-20(17)30-24(27)23(25)15(3)4/h10-11,14-15,17,19-20,23H,7-9,12-13,25H2,1-6H3/t17?,19?,20?,23-/m0/s1/i1D3,3D3,4D3,7D2,8D2,9D2,14D,15D,19D,20D,23D/t14?,17?,19?,20?,23-. The molecule has 30 heavy (non-hydrogen) atoms. The predicted molar refractivity (Wildman–Crippen MR) is 118 cm³/mol. The molecule has 0 amide bonds. The first-order chi connectivity index (χ1) is 21.9. The summed E-state index contributed by atoms with van der Waals surface area (Å²) in [5, 5.41) is 0. The number of piperidine rings is 1. The van der Waals surface area contributed by atoms with Crippen molar-refractivity contribution in [3.8, 4) is 11.5 Å². The molecule has 0 radical (unpaired) electrons. The van der Waals surface area contributed by atoms with Crippen molar-refractivity contribution >= 4 is 5.97 Å². The number of rotatable bonds is 7. The fraction of sp³-hybridized carbons (Fsp3) is 0.708. The molecule has 2 aliphatic rings. The number of nitrogens with zero attached hydrogens (tertiary/aromatic N) is 1. The van der Waals surface area contributed by atoms with Crippen LogP contribution in [0.1, 0.15) is 84.8 Å². The summed E-state index contributed by atoms with van der Waals surface area (Å²) in [4.78, 5) is 14.2. The third-order valence-corrected chi connectivity index (χ3v) is 4.69. The number of hydrogen-bond donors (Lipinski definition) is 1. The van der Waals surface area contributed by atoms with E-state index in [0.29, 0.717) is 11.8 Å². The molecular formula is C24H38N2O4. The molecule has 1 fully saturated rings. The van der Waals surface area contributed by atoms with E-state index in [4.69, 9.17) is 44.6 Å². The van der Waals surface area contributed by atoms with E-state index in [1.54, 1.807) is 0 Å². The Bertz CT molecular complexity index is 1490. The fourth-order valence-electron chi connectivity index (χ4n) is 3.25. The maximum atomic E-state index is 13.7. The number of hydrogen-bond acceptors (Lipinski definition) is 6. The van der Waals surface area contributed by atoms with Gasteiger partial charge in [0.1, 0.15) is 12.1 Å². The summed E-state index contributed by atoms with van der Waals surface area (Å²) in [7, 11) is 2.37. The molecule has 2 heterocycles. The number of aryl methyl sites for hydroxylation is 1. The molecule has 2 N–H and O–H groups in total. The molecule has 0 spiro atoms. The highest BCUT2D eigenvalue weighted by atomic mass is 16.5. The van der Waals surface area contributed by atoms with Crippen LogP contribution in [0.25, 0.3) is 0 Å². The molecule has 4 unspecified atom stereocenters. The van der Waals surface area contributed by atoms with Crippen LogP contribution in [-0.2, 0) is 15.9 Å². The SMILES string of the molecule is [2H]C1(OC(=O)[C@@]([2H])(N)C([2H])(C([2H])([2H])[2H])C([2H])([2H])[2H])CC2([2H])c3cc(OC)c(OC)cc3C([2H])([2H])C([2H])([2H])N2CC1C([2H])([2H])C([2H])(C)C([2H])([2H])[2H]. The second-order valence-corrected chi connectivity index (χ2v) is 6.69. The molecule has 6 heteroatoms. The van der Waals surface area contributed by atoms with Gasteiger partial charge in [-0.1, -0.05) is 27.5 Å². The molecule has 0 aromatic heterocycles. The van der Waals surface area contributed by atoms with E-state index < -0.39 is 106 Å². The Kier molecular flexibility index (Phi) is 2.64. The van der Waals surface area contributed by atoms with E-state index in [1.165, 1.54) is 14.2 Å². The van der Waals surface area contributed by atoms with Crippen LogP contribution >= 0.6 is 0 Å². The number of carbonyl (C=O) groups excluding carboxylic acids is 1. The molecule has 1 aromatic carbocycles. The van der Waals surface area contributed by atoms with Crippen LogP contribution in [0.2, 0.25) is 0 Å². The lowest BCUT2D eigenvalue weighted by Gasteiger charge is -2.47. The average molecular weight is 439 g/mol. The predicted octanol–water partition coefficient (Wildman–Crippen LogP) is 3.56.